The summed E-state index contributed by atoms with van der Waals surface area (Å²) in [6, 6.07) is 0.401. The van der Waals surface area contributed by atoms with E-state index in [-0.39, 0.29) is 0 Å². The summed E-state index contributed by atoms with van der Waals surface area (Å²) in [6.07, 6.45) is 2.35. The summed E-state index contributed by atoms with van der Waals surface area (Å²) >= 11 is 0. The van der Waals surface area contributed by atoms with Crippen molar-refractivity contribution in [1.29, 1.82) is 0 Å². The monoisotopic (exact) mass is 294 g/mol. The highest BCUT2D eigenvalue weighted by atomic mass is 16.4. The maximum Gasteiger partial charge on any atom is 0.216 e. The fourth-order valence-electron chi connectivity index (χ4n) is 1.96. The molecule has 1 aromatic heterocycles. The minimum atomic E-state index is 0.401. The molecule has 0 aliphatic carbocycles. The molecule has 1 atom stereocenters. The van der Waals surface area contributed by atoms with E-state index in [1.54, 1.807) is 0 Å². The lowest BCUT2D eigenvalue weighted by Gasteiger charge is -2.18. The van der Waals surface area contributed by atoms with Gasteiger partial charge in [-0.1, -0.05) is 13.8 Å². The van der Waals surface area contributed by atoms with Crippen molar-refractivity contribution in [3.05, 3.63) is 17.3 Å². The van der Waals surface area contributed by atoms with Gasteiger partial charge in [0.25, 0.3) is 0 Å². The van der Waals surface area contributed by atoms with Crippen LogP contribution in [0.15, 0.2) is 9.41 Å². The highest BCUT2D eigenvalue weighted by Crippen LogP contribution is 2.09. The SMILES string of the molecule is CCNC(=NCc1nc(C)c(C)o1)NC(C)CCC(C)C. The molecule has 0 saturated carbocycles. The first-order chi connectivity index (χ1) is 9.92. The van der Waals surface area contributed by atoms with Crippen LogP contribution in [0.1, 0.15) is 57.9 Å². The quantitative estimate of drug-likeness (QED) is 0.599. The largest absolute Gasteiger partial charge is 0.444 e. The summed E-state index contributed by atoms with van der Waals surface area (Å²) in [6.45, 7) is 13.9. The van der Waals surface area contributed by atoms with E-state index in [2.05, 4.69) is 48.3 Å². The van der Waals surface area contributed by atoms with Crippen LogP contribution in [0, 0.1) is 19.8 Å². The van der Waals surface area contributed by atoms with E-state index in [9.17, 15) is 0 Å². The Morgan fingerprint density at radius 3 is 2.48 bits per heavy atom. The molecule has 0 aromatic carbocycles. The smallest absolute Gasteiger partial charge is 0.216 e. The predicted molar refractivity (Wildman–Crippen MR) is 87.5 cm³/mol. The van der Waals surface area contributed by atoms with Gasteiger partial charge < -0.3 is 15.1 Å². The van der Waals surface area contributed by atoms with Gasteiger partial charge in [-0.05, 0) is 46.5 Å². The van der Waals surface area contributed by atoms with Gasteiger partial charge in [0.05, 0.1) is 5.69 Å². The number of aliphatic imine (C=N–C) groups is 1. The zero-order valence-corrected chi connectivity index (χ0v) is 14.3. The number of hydrogen-bond donors (Lipinski definition) is 2. The van der Waals surface area contributed by atoms with Crippen molar-refractivity contribution in [3.63, 3.8) is 0 Å². The molecule has 0 amide bonds. The number of oxazole rings is 1. The average molecular weight is 294 g/mol. The third-order valence-electron chi connectivity index (χ3n) is 3.35. The van der Waals surface area contributed by atoms with Gasteiger partial charge in [-0.25, -0.2) is 9.98 Å². The molecule has 1 rings (SSSR count). The van der Waals surface area contributed by atoms with Gasteiger partial charge in [0, 0.05) is 12.6 Å². The van der Waals surface area contributed by atoms with Gasteiger partial charge in [0.15, 0.2) is 5.96 Å². The summed E-state index contributed by atoms with van der Waals surface area (Å²) in [7, 11) is 0. The standard InChI is InChI=1S/C16H30N4O/c1-7-17-16(19-12(4)9-8-11(2)3)18-10-15-20-13(5)14(6)21-15/h11-12H,7-10H2,1-6H3,(H2,17,18,19). The lowest BCUT2D eigenvalue weighted by atomic mass is 10.0. The molecule has 5 nitrogen and oxygen atoms in total. The Morgan fingerprint density at radius 2 is 1.95 bits per heavy atom. The van der Waals surface area contributed by atoms with E-state index in [4.69, 9.17) is 4.42 Å². The Kier molecular flexibility index (Phi) is 7.26. The molecule has 120 valence electrons. The van der Waals surface area contributed by atoms with E-state index < -0.39 is 0 Å². The number of hydrogen-bond acceptors (Lipinski definition) is 3. The van der Waals surface area contributed by atoms with Crippen molar-refractivity contribution in [2.75, 3.05) is 6.54 Å². The van der Waals surface area contributed by atoms with Crippen LogP contribution in [0.25, 0.3) is 0 Å². The predicted octanol–water partition coefficient (Wildman–Crippen LogP) is 3.17. The minimum absolute atomic E-state index is 0.401. The van der Waals surface area contributed by atoms with Crippen molar-refractivity contribution >= 4 is 5.96 Å². The first-order valence-corrected chi connectivity index (χ1v) is 7.90. The Bertz CT molecular complexity index is 432. The molecular weight excluding hydrogens is 264 g/mol. The molecule has 21 heavy (non-hydrogen) atoms. The van der Waals surface area contributed by atoms with Gasteiger partial charge in [-0.3, -0.25) is 0 Å². The first kappa shape index (κ1) is 17.5. The normalized spacial score (nSPS) is 13.6. The summed E-state index contributed by atoms with van der Waals surface area (Å²) in [5, 5.41) is 6.70. The van der Waals surface area contributed by atoms with Gasteiger partial charge in [0.1, 0.15) is 12.3 Å². The van der Waals surface area contributed by atoms with Gasteiger partial charge in [-0.2, -0.15) is 0 Å². The van der Waals surface area contributed by atoms with E-state index >= 15 is 0 Å². The van der Waals surface area contributed by atoms with Gasteiger partial charge in [0.2, 0.25) is 5.89 Å². The number of aryl methyl sites for hydroxylation is 2. The highest BCUT2D eigenvalue weighted by molar-refractivity contribution is 5.79. The number of nitrogens with zero attached hydrogens (tertiary/aromatic N) is 2. The molecule has 2 N–H and O–H groups in total. The van der Waals surface area contributed by atoms with Gasteiger partial charge >= 0.3 is 0 Å². The Labute approximate surface area is 128 Å². The fraction of sp³-hybridized carbons (Fsp3) is 0.750. The lowest BCUT2D eigenvalue weighted by molar-refractivity contribution is 0.470. The van der Waals surface area contributed by atoms with Crippen molar-refractivity contribution < 1.29 is 4.42 Å². The summed E-state index contributed by atoms with van der Waals surface area (Å²) in [5.41, 5.74) is 0.934. The molecule has 0 radical (unpaired) electrons. The summed E-state index contributed by atoms with van der Waals surface area (Å²) in [5.74, 6) is 3.08. The molecule has 1 heterocycles. The third-order valence-corrected chi connectivity index (χ3v) is 3.35. The number of aromatic nitrogens is 1. The Hall–Kier alpha value is -1.52. The van der Waals surface area contributed by atoms with Crippen molar-refractivity contribution in [2.24, 2.45) is 10.9 Å². The topological polar surface area (TPSA) is 62.5 Å². The van der Waals surface area contributed by atoms with Crippen LogP contribution in [-0.4, -0.2) is 23.5 Å². The zero-order chi connectivity index (χ0) is 15.8. The highest BCUT2D eigenvalue weighted by Gasteiger charge is 2.08. The molecule has 0 aliphatic rings. The maximum absolute atomic E-state index is 5.55. The van der Waals surface area contributed by atoms with Crippen LogP contribution < -0.4 is 10.6 Å². The molecule has 0 aliphatic heterocycles. The average Bonchev–Trinajstić information content (AvgIpc) is 2.73. The molecule has 5 heteroatoms. The van der Waals surface area contributed by atoms with Crippen LogP contribution in [0.5, 0.6) is 0 Å². The van der Waals surface area contributed by atoms with Crippen LogP contribution in [0.3, 0.4) is 0 Å². The molecule has 0 bridgehead atoms. The maximum atomic E-state index is 5.55. The van der Waals surface area contributed by atoms with Crippen molar-refractivity contribution in [2.45, 2.75) is 67.0 Å². The Morgan fingerprint density at radius 1 is 1.24 bits per heavy atom. The molecular formula is C16H30N4O. The number of guanidine groups is 1. The van der Waals surface area contributed by atoms with E-state index in [1.807, 2.05) is 13.8 Å². The fourth-order valence-corrected chi connectivity index (χ4v) is 1.96. The second-order valence-corrected chi connectivity index (χ2v) is 5.96. The van der Waals surface area contributed by atoms with Crippen LogP contribution in [0.4, 0.5) is 0 Å². The third kappa shape index (κ3) is 6.65. The lowest BCUT2D eigenvalue weighted by Crippen LogP contribution is -2.42. The molecule has 1 aromatic rings. The van der Waals surface area contributed by atoms with Gasteiger partial charge in [-0.15, -0.1) is 0 Å². The van der Waals surface area contributed by atoms with E-state index in [0.29, 0.717) is 18.5 Å². The number of rotatable bonds is 7. The molecule has 0 fully saturated rings. The van der Waals surface area contributed by atoms with Crippen LogP contribution >= 0.6 is 0 Å². The number of nitrogens with one attached hydrogen (secondary N) is 2. The van der Waals surface area contributed by atoms with Crippen LogP contribution in [-0.2, 0) is 6.54 Å². The summed E-state index contributed by atoms with van der Waals surface area (Å²) < 4.78 is 5.55. The second-order valence-electron chi connectivity index (χ2n) is 5.96. The zero-order valence-electron chi connectivity index (χ0n) is 14.3. The van der Waals surface area contributed by atoms with E-state index in [1.165, 1.54) is 6.42 Å². The van der Waals surface area contributed by atoms with Crippen molar-refractivity contribution in [3.8, 4) is 0 Å². The van der Waals surface area contributed by atoms with Crippen molar-refractivity contribution in [1.82, 2.24) is 15.6 Å². The summed E-state index contributed by atoms with van der Waals surface area (Å²) in [4.78, 5) is 8.90. The van der Waals surface area contributed by atoms with Crippen LogP contribution in [0.2, 0.25) is 0 Å². The minimum Gasteiger partial charge on any atom is -0.444 e. The second kappa shape index (κ2) is 8.70. The molecule has 0 spiro atoms. The molecule has 1 unspecified atom stereocenters. The Balaban J connectivity index is 2.56. The first-order valence-electron chi connectivity index (χ1n) is 7.90. The molecule has 0 saturated heterocycles. The van der Waals surface area contributed by atoms with E-state index in [0.717, 1.165) is 36.3 Å².